The molecule has 0 radical (unpaired) electrons. The summed E-state index contributed by atoms with van der Waals surface area (Å²) >= 11 is 0. The van der Waals surface area contributed by atoms with Crippen LogP contribution in [0.3, 0.4) is 0 Å². The molecule has 0 bridgehead atoms. The summed E-state index contributed by atoms with van der Waals surface area (Å²) < 4.78 is 29.0. The molecule has 1 amide bonds. The number of halogens is 1. The maximum absolute atomic E-state index is 14.8. The smallest absolute Gasteiger partial charge is 0.441 e. The number of benzene rings is 1. The number of aliphatic hydroxyl groups is 1. The highest BCUT2D eigenvalue weighted by atomic mass is 31.2. The Balaban J connectivity index is 0.000000527. The zero-order valence-electron chi connectivity index (χ0n) is 18.3. The second kappa shape index (κ2) is 9.76. The van der Waals surface area contributed by atoms with Gasteiger partial charge in [-0.3, -0.25) is 9.88 Å². The van der Waals surface area contributed by atoms with Gasteiger partial charge in [-0.15, -0.1) is 10.2 Å². The van der Waals surface area contributed by atoms with Crippen molar-refractivity contribution in [2.75, 3.05) is 11.4 Å². The summed E-state index contributed by atoms with van der Waals surface area (Å²) in [5, 5.41) is 22.0. The van der Waals surface area contributed by atoms with Gasteiger partial charge >= 0.3 is 13.9 Å². The van der Waals surface area contributed by atoms with Crippen LogP contribution in [0.15, 0.2) is 36.5 Å². The molecule has 2 fully saturated rings. The standard InChI is InChI=1S/C20H19FN6O3.H3O4P/c1-26-24-19(23-25-26)16-7-4-12(9-22-16)14-6-5-13(8-15(14)21)27-10-17(30-20(27)29)18(28)11-2-3-11;1-5(2,3)4/h4-9,11,17-18,28H,2-3,10H2,1H3;(H3,1,2,3,4). The van der Waals surface area contributed by atoms with Gasteiger partial charge in [0.2, 0.25) is 5.82 Å². The average Bonchev–Trinajstić information content (AvgIpc) is 3.44. The second-order valence-corrected chi connectivity index (χ2v) is 9.10. The molecule has 15 heteroatoms. The highest BCUT2D eigenvalue weighted by molar-refractivity contribution is 7.45. The minimum absolute atomic E-state index is 0.189. The third-order valence-corrected chi connectivity index (χ3v) is 5.40. The molecule has 1 saturated heterocycles. The molecule has 5 rings (SSSR count). The van der Waals surface area contributed by atoms with Crippen LogP contribution >= 0.6 is 7.82 Å². The van der Waals surface area contributed by atoms with Gasteiger partial charge in [-0.1, -0.05) is 6.07 Å². The second-order valence-electron chi connectivity index (χ2n) is 8.07. The molecule has 3 aromatic rings. The highest BCUT2D eigenvalue weighted by Gasteiger charge is 2.43. The quantitative estimate of drug-likeness (QED) is 0.364. The monoisotopic (exact) mass is 508 g/mol. The first kappa shape index (κ1) is 24.8. The van der Waals surface area contributed by atoms with Crippen LogP contribution in [0, 0.1) is 11.7 Å². The van der Waals surface area contributed by atoms with Crippen LogP contribution < -0.4 is 4.90 Å². The van der Waals surface area contributed by atoms with Crippen molar-refractivity contribution < 1.29 is 38.3 Å². The lowest BCUT2D eigenvalue weighted by molar-refractivity contribution is 0.0200. The van der Waals surface area contributed by atoms with E-state index in [1.807, 2.05) is 0 Å². The Labute approximate surface area is 198 Å². The van der Waals surface area contributed by atoms with E-state index in [1.54, 1.807) is 31.3 Å². The van der Waals surface area contributed by atoms with Crippen LogP contribution in [0.2, 0.25) is 0 Å². The molecule has 2 aliphatic rings. The number of aromatic nitrogens is 5. The SMILES string of the molecule is Cn1nnc(-c2ccc(-c3ccc(N4CC(C(O)C5CC5)OC4=O)cc3F)cn2)n1.O=P(O)(O)O. The van der Waals surface area contributed by atoms with Gasteiger partial charge in [0, 0.05) is 17.3 Å². The topological polar surface area (TPSA) is 184 Å². The van der Waals surface area contributed by atoms with Crippen LogP contribution in [0.25, 0.3) is 22.6 Å². The van der Waals surface area contributed by atoms with Crippen LogP contribution in [-0.2, 0) is 16.3 Å². The third kappa shape index (κ3) is 6.24. The van der Waals surface area contributed by atoms with E-state index >= 15 is 0 Å². The summed E-state index contributed by atoms with van der Waals surface area (Å²) in [7, 11) is -2.98. The molecule has 4 N–H and O–H groups in total. The molecule has 13 nitrogen and oxygen atoms in total. The van der Waals surface area contributed by atoms with E-state index < -0.39 is 31.9 Å². The van der Waals surface area contributed by atoms with Gasteiger partial charge in [0.15, 0.2) is 0 Å². The van der Waals surface area contributed by atoms with Crippen LogP contribution in [-0.4, -0.2) is 69.8 Å². The average molecular weight is 508 g/mol. The zero-order valence-corrected chi connectivity index (χ0v) is 19.2. The van der Waals surface area contributed by atoms with Crippen LogP contribution in [0.5, 0.6) is 0 Å². The number of nitrogens with zero attached hydrogens (tertiary/aromatic N) is 6. The summed E-state index contributed by atoms with van der Waals surface area (Å²) in [4.78, 5) is 40.7. The van der Waals surface area contributed by atoms with Gasteiger partial charge < -0.3 is 24.5 Å². The lowest BCUT2D eigenvalue weighted by Crippen LogP contribution is -2.32. The Hall–Kier alpha value is -3.29. The Bertz CT molecular complexity index is 1250. The Morgan fingerprint density at radius 3 is 2.46 bits per heavy atom. The van der Waals surface area contributed by atoms with Gasteiger partial charge in [0.1, 0.15) is 17.6 Å². The molecule has 2 atom stereocenters. The number of hydrogen-bond acceptors (Lipinski definition) is 8. The Morgan fingerprint density at radius 2 is 1.91 bits per heavy atom. The van der Waals surface area contributed by atoms with Crippen molar-refractivity contribution in [2.24, 2.45) is 13.0 Å². The van der Waals surface area contributed by atoms with Crippen molar-refractivity contribution in [1.29, 1.82) is 0 Å². The number of aliphatic hydroxyl groups excluding tert-OH is 1. The zero-order chi connectivity index (χ0) is 25.3. The van der Waals surface area contributed by atoms with Crippen molar-refractivity contribution in [1.82, 2.24) is 25.2 Å². The summed E-state index contributed by atoms with van der Waals surface area (Å²) in [6, 6.07) is 7.97. The lowest BCUT2D eigenvalue weighted by Gasteiger charge is -2.16. The number of aryl methyl sites for hydroxylation is 1. The number of ether oxygens (including phenoxy) is 1. The first-order valence-electron chi connectivity index (χ1n) is 10.4. The van der Waals surface area contributed by atoms with E-state index in [2.05, 4.69) is 20.4 Å². The van der Waals surface area contributed by atoms with Crippen molar-refractivity contribution in [3.05, 3.63) is 42.3 Å². The number of hydrogen-bond donors (Lipinski definition) is 4. The molecule has 1 aliphatic heterocycles. The first-order chi connectivity index (χ1) is 16.5. The number of carbonyl (C=O) groups is 1. The number of anilines is 1. The van der Waals surface area contributed by atoms with E-state index in [0.29, 0.717) is 28.3 Å². The summed E-state index contributed by atoms with van der Waals surface area (Å²) in [6.45, 7) is 0.205. The molecule has 1 saturated carbocycles. The van der Waals surface area contributed by atoms with E-state index in [0.717, 1.165) is 12.8 Å². The largest absolute Gasteiger partial charge is 0.466 e. The number of pyridine rings is 1. The molecular formula is C20H22FN6O7P. The van der Waals surface area contributed by atoms with Crippen molar-refractivity contribution in [3.8, 4) is 22.6 Å². The van der Waals surface area contributed by atoms with Gasteiger partial charge in [0.25, 0.3) is 0 Å². The van der Waals surface area contributed by atoms with Gasteiger partial charge in [-0.2, -0.15) is 4.80 Å². The van der Waals surface area contributed by atoms with E-state index in [9.17, 15) is 14.3 Å². The summed E-state index contributed by atoms with van der Waals surface area (Å²) in [5.74, 6) is 0.0865. The molecule has 1 aliphatic carbocycles. The Morgan fingerprint density at radius 1 is 1.20 bits per heavy atom. The lowest BCUT2D eigenvalue weighted by atomic mass is 10.1. The molecule has 186 valence electrons. The number of carbonyl (C=O) groups excluding carboxylic acids is 1. The fourth-order valence-electron chi connectivity index (χ4n) is 3.59. The van der Waals surface area contributed by atoms with Gasteiger partial charge in [-0.05, 0) is 48.2 Å². The van der Waals surface area contributed by atoms with E-state index in [-0.39, 0.29) is 12.5 Å². The first-order valence-corrected chi connectivity index (χ1v) is 12.0. The van der Waals surface area contributed by atoms with Crippen molar-refractivity contribution >= 4 is 19.6 Å². The predicted octanol–water partition coefficient (Wildman–Crippen LogP) is 1.25. The molecule has 2 unspecified atom stereocenters. The normalized spacial score (nSPS) is 18.6. The number of amides is 1. The molecule has 1 aromatic carbocycles. The maximum atomic E-state index is 14.8. The summed E-state index contributed by atoms with van der Waals surface area (Å²) in [6.07, 6.45) is 1.59. The summed E-state index contributed by atoms with van der Waals surface area (Å²) in [5.41, 5.74) is 1.86. The molecule has 0 spiro atoms. The third-order valence-electron chi connectivity index (χ3n) is 5.40. The van der Waals surface area contributed by atoms with Crippen molar-refractivity contribution in [3.63, 3.8) is 0 Å². The number of phosphoric acid groups is 1. The molecule has 3 heterocycles. The predicted molar refractivity (Wildman–Crippen MR) is 118 cm³/mol. The van der Waals surface area contributed by atoms with Crippen molar-refractivity contribution in [2.45, 2.75) is 25.0 Å². The molecule has 2 aromatic heterocycles. The fraction of sp³-hybridized carbons (Fsp3) is 0.350. The number of cyclic esters (lactones) is 1. The van der Waals surface area contributed by atoms with E-state index in [1.165, 1.54) is 22.0 Å². The maximum Gasteiger partial charge on any atom is 0.466 e. The Kier molecular flexibility index (Phi) is 6.92. The molecule has 35 heavy (non-hydrogen) atoms. The molecular weight excluding hydrogens is 486 g/mol. The minimum atomic E-state index is -4.64. The fourth-order valence-corrected chi connectivity index (χ4v) is 3.59. The number of tetrazole rings is 1. The van der Waals surface area contributed by atoms with E-state index in [4.69, 9.17) is 24.0 Å². The van der Waals surface area contributed by atoms with Crippen LogP contribution in [0.4, 0.5) is 14.9 Å². The number of rotatable bonds is 5. The van der Waals surface area contributed by atoms with Gasteiger partial charge in [-0.25, -0.2) is 13.8 Å². The highest BCUT2D eigenvalue weighted by Crippen LogP contribution is 2.37. The van der Waals surface area contributed by atoms with Gasteiger partial charge in [0.05, 0.1) is 25.4 Å². The van der Waals surface area contributed by atoms with Crippen LogP contribution in [0.1, 0.15) is 12.8 Å². The minimum Gasteiger partial charge on any atom is -0.441 e.